The molecule has 0 fully saturated rings. The maximum absolute atomic E-state index is 10.6. The highest BCUT2D eigenvalue weighted by Crippen LogP contribution is 2.22. The average molecular weight is 186 g/mol. The van der Waals surface area contributed by atoms with Crippen LogP contribution in [0.15, 0.2) is 11.5 Å². The van der Waals surface area contributed by atoms with Crippen molar-refractivity contribution in [3.05, 3.63) is 11.5 Å². The lowest BCUT2D eigenvalue weighted by Crippen LogP contribution is -2.19. The minimum atomic E-state index is -0.396. The first kappa shape index (κ1) is 9.85. The van der Waals surface area contributed by atoms with Crippen molar-refractivity contribution in [1.82, 2.24) is 5.06 Å². The number of ether oxygens (including phenoxy) is 1. The lowest BCUT2D eigenvalue weighted by molar-refractivity contribution is -0.149. The van der Waals surface area contributed by atoms with Crippen LogP contribution in [0.25, 0.3) is 0 Å². The van der Waals surface area contributed by atoms with Gasteiger partial charge in [-0.1, -0.05) is 0 Å². The molecule has 0 spiro atoms. The molecular formula is C8H14N2O3. The maximum Gasteiger partial charge on any atom is 0.225 e. The number of nitrogens with two attached hydrogens (primary N) is 1. The summed E-state index contributed by atoms with van der Waals surface area (Å²) in [7, 11) is 0. The minimum Gasteiger partial charge on any atom is -0.473 e. The Hall–Kier alpha value is -1.23. The van der Waals surface area contributed by atoms with Crippen LogP contribution in [-0.4, -0.2) is 24.3 Å². The van der Waals surface area contributed by atoms with Gasteiger partial charge in [-0.3, -0.25) is 9.63 Å². The van der Waals surface area contributed by atoms with Crippen LogP contribution in [0.5, 0.6) is 0 Å². The summed E-state index contributed by atoms with van der Waals surface area (Å²) in [6.45, 7) is 4.63. The molecule has 0 unspecified atom stereocenters. The number of allylic oxidation sites excluding steroid dienone is 1. The predicted octanol–water partition coefficient (Wildman–Crippen LogP) is 0.334. The normalized spacial score (nSPS) is 16.3. The first-order valence-electron chi connectivity index (χ1n) is 4.16. The number of rotatable bonds is 4. The van der Waals surface area contributed by atoms with E-state index in [-0.39, 0.29) is 6.42 Å². The van der Waals surface area contributed by atoms with E-state index in [4.69, 9.17) is 15.3 Å². The highest BCUT2D eigenvalue weighted by molar-refractivity contribution is 5.76. The van der Waals surface area contributed by atoms with Gasteiger partial charge >= 0.3 is 0 Å². The molecule has 0 atom stereocenters. The molecule has 5 heteroatoms. The molecule has 0 aromatic carbocycles. The van der Waals surface area contributed by atoms with Crippen molar-refractivity contribution in [1.29, 1.82) is 0 Å². The quantitative estimate of drug-likeness (QED) is 0.687. The summed E-state index contributed by atoms with van der Waals surface area (Å²) in [5.74, 6) is 0.202. The fourth-order valence-corrected chi connectivity index (χ4v) is 1.10. The molecule has 1 amide bonds. The van der Waals surface area contributed by atoms with E-state index in [1.807, 2.05) is 13.8 Å². The third kappa shape index (κ3) is 2.35. The van der Waals surface area contributed by atoms with E-state index in [1.54, 1.807) is 5.06 Å². The molecular weight excluding hydrogens is 172 g/mol. The van der Waals surface area contributed by atoms with Crippen molar-refractivity contribution >= 4 is 5.91 Å². The maximum atomic E-state index is 10.6. The zero-order chi connectivity index (χ0) is 9.84. The number of primary amides is 1. The fourth-order valence-electron chi connectivity index (χ4n) is 1.10. The van der Waals surface area contributed by atoms with Crippen LogP contribution in [0.1, 0.15) is 20.3 Å². The fraction of sp³-hybridized carbons (Fsp3) is 0.625. The summed E-state index contributed by atoms with van der Waals surface area (Å²) >= 11 is 0. The van der Waals surface area contributed by atoms with Crippen molar-refractivity contribution in [2.24, 2.45) is 5.73 Å². The Balaban J connectivity index is 2.59. The molecule has 0 saturated carbocycles. The van der Waals surface area contributed by atoms with Crippen molar-refractivity contribution in [2.45, 2.75) is 20.3 Å². The van der Waals surface area contributed by atoms with Gasteiger partial charge in [0, 0.05) is 0 Å². The molecule has 0 aromatic rings. The summed E-state index contributed by atoms with van der Waals surface area (Å²) < 4.78 is 5.22. The smallest absolute Gasteiger partial charge is 0.225 e. The number of hydrogen-bond donors (Lipinski definition) is 1. The van der Waals surface area contributed by atoms with Crippen molar-refractivity contribution in [3.8, 4) is 0 Å². The Labute approximate surface area is 77.0 Å². The standard InChI is InChI=1S/C8H14N2O3/c1-3-13-10-5-12-7(6(10)2)4-8(9)11/h3-5H2,1-2H3,(H2,9,11). The summed E-state index contributed by atoms with van der Waals surface area (Å²) in [6.07, 6.45) is 0.134. The summed E-state index contributed by atoms with van der Waals surface area (Å²) in [5.41, 5.74) is 5.86. The van der Waals surface area contributed by atoms with Crippen LogP contribution in [0, 0.1) is 0 Å². The summed E-state index contributed by atoms with van der Waals surface area (Å²) in [4.78, 5) is 15.8. The Kier molecular flexibility index (Phi) is 3.13. The van der Waals surface area contributed by atoms with E-state index in [0.29, 0.717) is 19.1 Å². The van der Waals surface area contributed by atoms with E-state index >= 15 is 0 Å². The Bertz CT molecular complexity index is 238. The largest absolute Gasteiger partial charge is 0.473 e. The zero-order valence-corrected chi connectivity index (χ0v) is 7.87. The monoisotopic (exact) mass is 186 g/mol. The lowest BCUT2D eigenvalue weighted by atomic mass is 10.3. The lowest BCUT2D eigenvalue weighted by Gasteiger charge is -2.14. The predicted molar refractivity (Wildman–Crippen MR) is 45.9 cm³/mol. The SMILES string of the molecule is CCON1COC(CC(N)=O)=C1C. The Morgan fingerprint density at radius 3 is 3.00 bits per heavy atom. The number of carbonyl (C=O) groups is 1. The molecule has 74 valence electrons. The van der Waals surface area contributed by atoms with Gasteiger partial charge in [-0.25, -0.2) is 5.06 Å². The van der Waals surface area contributed by atoms with Gasteiger partial charge in [0.25, 0.3) is 0 Å². The van der Waals surface area contributed by atoms with E-state index in [0.717, 1.165) is 5.70 Å². The van der Waals surface area contributed by atoms with Gasteiger partial charge in [-0.05, 0) is 13.8 Å². The highest BCUT2D eigenvalue weighted by atomic mass is 16.7. The van der Waals surface area contributed by atoms with Crippen LogP contribution < -0.4 is 5.73 Å². The van der Waals surface area contributed by atoms with Crippen LogP contribution in [0.2, 0.25) is 0 Å². The van der Waals surface area contributed by atoms with Crippen LogP contribution >= 0.6 is 0 Å². The summed E-state index contributed by atoms with van der Waals surface area (Å²) in [6, 6.07) is 0. The number of carbonyl (C=O) groups excluding carboxylic acids is 1. The molecule has 1 aliphatic heterocycles. The number of hydroxylamine groups is 2. The Morgan fingerprint density at radius 2 is 2.46 bits per heavy atom. The molecule has 0 bridgehead atoms. The van der Waals surface area contributed by atoms with Crippen molar-refractivity contribution < 1.29 is 14.4 Å². The van der Waals surface area contributed by atoms with Gasteiger partial charge in [-0.15, -0.1) is 0 Å². The van der Waals surface area contributed by atoms with Crippen LogP contribution in [-0.2, 0) is 14.4 Å². The van der Waals surface area contributed by atoms with Gasteiger partial charge in [0.2, 0.25) is 5.91 Å². The van der Waals surface area contributed by atoms with E-state index in [2.05, 4.69) is 0 Å². The van der Waals surface area contributed by atoms with E-state index in [9.17, 15) is 4.79 Å². The van der Waals surface area contributed by atoms with Crippen molar-refractivity contribution in [3.63, 3.8) is 0 Å². The minimum absolute atomic E-state index is 0.134. The van der Waals surface area contributed by atoms with Gasteiger partial charge in [0.1, 0.15) is 5.76 Å². The molecule has 1 aliphatic rings. The third-order valence-corrected chi connectivity index (χ3v) is 1.75. The second-order valence-electron chi connectivity index (χ2n) is 2.72. The molecule has 1 heterocycles. The second kappa shape index (κ2) is 4.13. The topological polar surface area (TPSA) is 64.8 Å². The number of nitrogens with zero attached hydrogens (tertiary/aromatic N) is 1. The van der Waals surface area contributed by atoms with E-state index in [1.165, 1.54) is 0 Å². The average Bonchev–Trinajstić information content (AvgIpc) is 2.36. The van der Waals surface area contributed by atoms with Gasteiger partial charge < -0.3 is 10.5 Å². The molecule has 1 rings (SSSR count). The van der Waals surface area contributed by atoms with Gasteiger partial charge in [-0.2, -0.15) is 0 Å². The van der Waals surface area contributed by atoms with Gasteiger partial charge in [0.05, 0.1) is 18.7 Å². The molecule has 5 nitrogen and oxygen atoms in total. The summed E-state index contributed by atoms with van der Waals surface area (Å²) in [5, 5.41) is 1.61. The molecule has 0 aliphatic carbocycles. The van der Waals surface area contributed by atoms with Crippen LogP contribution in [0.3, 0.4) is 0 Å². The molecule has 2 N–H and O–H groups in total. The molecule has 0 radical (unpaired) electrons. The van der Waals surface area contributed by atoms with E-state index < -0.39 is 5.91 Å². The molecule has 13 heavy (non-hydrogen) atoms. The third-order valence-electron chi connectivity index (χ3n) is 1.75. The molecule has 0 saturated heterocycles. The van der Waals surface area contributed by atoms with Gasteiger partial charge in [0.15, 0.2) is 6.73 Å². The number of hydrogen-bond acceptors (Lipinski definition) is 4. The number of amides is 1. The highest BCUT2D eigenvalue weighted by Gasteiger charge is 2.21. The van der Waals surface area contributed by atoms with Crippen LogP contribution in [0.4, 0.5) is 0 Å². The first-order valence-corrected chi connectivity index (χ1v) is 4.16. The molecule has 0 aromatic heterocycles. The Morgan fingerprint density at radius 1 is 1.77 bits per heavy atom. The first-order chi connectivity index (χ1) is 6.15. The van der Waals surface area contributed by atoms with Crippen molar-refractivity contribution in [2.75, 3.05) is 13.3 Å². The second-order valence-corrected chi connectivity index (χ2v) is 2.72. The zero-order valence-electron chi connectivity index (χ0n) is 7.87.